The molecule has 0 radical (unpaired) electrons. The van der Waals surface area contributed by atoms with Crippen LogP contribution in [0.15, 0.2) is 48.4 Å². The first-order valence-electron chi connectivity index (χ1n) is 7.48. The largest absolute Gasteiger partial charge is 0.416 e. The van der Waals surface area contributed by atoms with Crippen LogP contribution in [0.25, 0.3) is 5.69 Å². The van der Waals surface area contributed by atoms with Crippen molar-refractivity contribution in [1.82, 2.24) is 14.7 Å². The summed E-state index contributed by atoms with van der Waals surface area (Å²) in [4.78, 5) is 24.8. The number of aromatic nitrogens is 2. The van der Waals surface area contributed by atoms with Crippen molar-refractivity contribution in [3.63, 3.8) is 0 Å². The highest BCUT2D eigenvalue weighted by Crippen LogP contribution is 2.34. The third kappa shape index (κ3) is 3.31. The summed E-state index contributed by atoms with van der Waals surface area (Å²) in [7, 11) is 0. The smallest absolute Gasteiger partial charge is 0.395 e. The highest BCUT2D eigenvalue weighted by molar-refractivity contribution is 6.17. The van der Waals surface area contributed by atoms with Gasteiger partial charge in [-0.05, 0) is 24.3 Å². The van der Waals surface area contributed by atoms with Crippen molar-refractivity contribution in [2.45, 2.75) is 6.18 Å². The number of nitrogens with zero attached hydrogens (tertiary/aromatic N) is 3. The highest BCUT2D eigenvalue weighted by Gasteiger charge is 2.33. The molecule has 0 saturated carbocycles. The van der Waals surface area contributed by atoms with Crippen molar-refractivity contribution in [2.24, 2.45) is 0 Å². The fraction of sp³-hybridized carbons (Fsp3) is 0.188. The predicted octanol–water partition coefficient (Wildman–Crippen LogP) is 1.55. The van der Waals surface area contributed by atoms with Gasteiger partial charge in [0.2, 0.25) is 0 Å². The Labute approximate surface area is 145 Å². The molecule has 1 aromatic heterocycles. The van der Waals surface area contributed by atoms with Gasteiger partial charge in [0.05, 0.1) is 30.1 Å². The topological polar surface area (TPSA) is 87.5 Å². The number of β-amino-alcohol motifs (C(OH)–C–C–N with tert-alkyl or cyclic N) is 1. The van der Waals surface area contributed by atoms with Crippen LogP contribution in [0.5, 0.6) is 0 Å². The Hall–Kier alpha value is -3.14. The van der Waals surface area contributed by atoms with E-state index in [1.165, 1.54) is 23.1 Å². The molecule has 3 rings (SSSR count). The van der Waals surface area contributed by atoms with E-state index < -0.39 is 30.2 Å². The average molecular weight is 366 g/mol. The van der Waals surface area contributed by atoms with Crippen LogP contribution in [0.2, 0.25) is 0 Å². The summed E-state index contributed by atoms with van der Waals surface area (Å²) < 4.78 is 40.4. The number of aliphatic hydroxyl groups is 1. The maximum atomic E-state index is 13.0. The number of carbonyl (C=O) groups is 2. The number of anilines is 1. The van der Waals surface area contributed by atoms with Crippen molar-refractivity contribution in [3.05, 3.63) is 54.0 Å². The van der Waals surface area contributed by atoms with E-state index in [-0.39, 0.29) is 23.6 Å². The SMILES string of the molecule is O=C1C=C(Nc2cc(C(F)(F)F)ccc2-n2cccn2)C(=O)N1CCO. The molecule has 1 aliphatic rings. The maximum absolute atomic E-state index is 13.0. The molecular weight excluding hydrogens is 353 g/mol. The molecule has 0 fully saturated rings. The van der Waals surface area contributed by atoms with Crippen molar-refractivity contribution in [1.29, 1.82) is 0 Å². The molecule has 7 nitrogen and oxygen atoms in total. The van der Waals surface area contributed by atoms with Crippen LogP contribution in [0.4, 0.5) is 18.9 Å². The summed E-state index contributed by atoms with van der Waals surface area (Å²) >= 11 is 0. The second-order valence-electron chi connectivity index (χ2n) is 5.38. The minimum Gasteiger partial charge on any atom is -0.395 e. The van der Waals surface area contributed by atoms with Crippen LogP contribution in [0, 0.1) is 0 Å². The highest BCUT2D eigenvalue weighted by atomic mass is 19.4. The van der Waals surface area contributed by atoms with Crippen molar-refractivity contribution in [3.8, 4) is 5.69 Å². The van der Waals surface area contributed by atoms with Gasteiger partial charge in [-0.1, -0.05) is 0 Å². The number of imide groups is 1. The zero-order valence-electron chi connectivity index (χ0n) is 13.2. The third-order valence-electron chi connectivity index (χ3n) is 3.68. The number of alkyl halides is 3. The van der Waals surface area contributed by atoms with Gasteiger partial charge in [-0.3, -0.25) is 14.5 Å². The lowest BCUT2D eigenvalue weighted by Crippen LogP contribution is -2.34. The van der Waals surface area contributed by atoms with E-state index in [2.05, 4.69) is 10.4 Å². The number of halogens is 3. The molecule has 136 valence electrons. The first-order chi connectivity index (χ1) is 12.3. The predicted molar refractivity (Wildman–Crippen MR) is 84.1 cm³/mol. The minimum absolute atomic E-state index is 0.0400. The lowest BCUT2D eigenvalue weighted by Gasteiger charge is -2.17. The number of carbonyl (C=O) groups excluding carboxylic acids is 2. The molecule has 2 heterocycles. The lowest BCUT2D eigenvalue weighted by molar-refractivity contribution is -0.138. The monoisotopic (exact) mass is 366 g/mol. The fourth-order valence-electron chi connectivity index (χ4n) is 2.48. The molecule has 0 aliphatic carbocycles. The minimum atomic E-state index is -4.58. The van der Waals surface area contributed by atoms with Gasteiger partial charge >= 0.3 is 6.18 Å². The Morgan fingerprint density at radius 2 is 2.00 bits per heavy atom. The van der Waals surface area contributed by atoms with Gasteiger partial charge in [-0.15, -0.1) is 0 Å². The fourth-order valence-corrected chi connectivity index (χ4v) is 2.48. The number of hydrogen-bond donors (Lipinski definition) is 2. The van der Waals surface area contributed by atoms with E-state index in [4.69, 9.17) is 5.11 Å². The summed E-state index contributed by atoms with van der Waals surface area (Å²) in [6, 6.07) is 4.54. The summed E-state index contributed by atoms with van der Waals surface area (Å²) in [5, 5.41) is 15.5. The third-order valence-corrected chi connectivity index (χ3v) is 3.68. The Morgan fingerprint density at radius 3 is 2.62 bits per heavy atom. The molecule has 0 unspecified atom stereocenters. The molecule has 0 atom stereocenters. The summed E-state index contributed by atoms with van der Waals surface area (Å²) in [5.74, 6) is -1.38. The van der Waals surface area contributed by atoms with Crippen LogP contribution in [-0.4, -0.2) is 44.8 Å². The molecule has 0 spiro atoms. The Balaban J connectivity index is 1.99. The summed E-state index contributed by atoms with van der Waals surface area (Å²) in [6.07, 6.45) is -0.618. The van der Waals surface area contributed by atoms with Crippen molar-refractivity contribution in [2.75, 3.05) is 18.5 Å². The average Bonchev–Trinajstić information content (AvgIpc) is 3.19. The second kappa shape index (κ2) is 6.64. The van der Waals surface area contributed by atoms with Crippen molar-refractivity contribution < 1.29 is 27.9 Å². The van der Waals surface area contributed by atoms with E-state index in [9.17, 15) is 22.8 Å². The quantitative estimate of drug-likeness (QED) is 0.784. The molecular formula is C16H13F3N4O3. The summed E-state index contributed by atoms with van der Waals surface area (Å²) in [5.41, 5.74) is -0.872. The van der Waals surface area contributed by atoms with Crippen LogP contribution in [0.3, 0.4) is 0 Å². The van der Waals surface area contributed by atoms with Gasteiger partial charge in [0.25, 0.3) is 11.8 Å². The molecule has 2 aromatic rings. The van der Waals surface area contributed by atoms with E-state index in [1.54, 1.807) is 6.07 Å². The van der Waals surface area contributed by atoms with Gasteiger partial charge in [-0.2, -0.15) is 18.3 Å². The number of hydrogen-bond acceptors (Lipinski definition) is 5. The van der Waals surface area contributed by atoms with E-state index in [0.717, 1.165) is 23.1 Å². The molecule has 1 aromatic carbocycles. The molecule has 2 amide bonds. The zero-order valence-corrected chi connectivity index (χ0v) is 13.2. The Kier molecular flexibility index (Phi) is 4.51. The van der Waals surface area contributed by atoms with Gasteiger partial charge < -0.3 is 10.4 Å². The van der Waals surface area contributed by atoms with Crippen LogP contribution < -0.4 is 5.32 Å². The Bertz CT molecular complexity index is 875. The molecule has 10 heteroatoms. The molecule has 2 N–H and O–H groups in total. The van der Waals surface area contributed by atoms with Crippen LogP contribution in [-0.2, 0) is 15.8 Å². The van der Waals surface area contributed by atoms with E-state index >= 15 is 0 Å². The molecule has 0 bridgehead atoms. The van der Waals surface area contributed by atoms with Gasteiger partial charge in [0.1, 0.15) is 5.70 Å². The van der Waals surface area contributed by atoms with E-state index in [1.807, 2.05) is 0 Å². The standard InChI is InChI=1S/C16H13F3N4O3/c17-16(18,19)10-2-3-13(23-5-1-4-20-23)11(8-10)21-12-9-14(25)22(6-7-24)15(12)26/h1-5,8-9,21,24H,6-7H2. The van der Waals surface area contributed by atoms with Gasteiger partial charge in [-0.25, -0.2) is 4.68 Å². The lowest BCUT2D eigenvalue weighted by atomic mass is 10.1. The Morgan fingerprint density at radius 1 is 1.23 bits per heavy atom. The number of amides is 2. The van der Waals surface area contributed by atoms with Crippen molar-refractivity contribution >= 4 is 17.5 Å². The number of benzene rings is 1. The molecule has 0 saturated heterocycles. The van der Waals surface area contributed by atoms with Crippen LogP contribution >= 0.6 is 0 Å². The van der Waals surface area contributed by atoms with Crippen LogP contribution in [0.1, 0.15) is 5.56 Å². The summed E-state index contributed by atoms with van der Waals surface area (Å²) in [6.45, 7) is -0.616. The zero-order chi connectivity index (χ0) is 18.9. The number of aliphatic hydroxyl groups excluding tert-OH is 1. The van der Waals surface area contributed by atoms with Gasteiger partial charge in [0.15, 0.2) is 0 Å². The van der Waals surface area contributed by atoms with Gasteiger partial charge in [0, 0.05) is 18.5 Å². The maximum Gasteiger partial charge on any atom is 0.416 e. The molecule has 26 heavy (non-hydrogen) atoms. The number of rotatable bonds is 5. The number of nitrogens with one attached hydrogen (secondary N) is 1. The first-order valence-corrected chi connectivity index (χ1v) is 7.48. The van der Waals surface area contributed by atoms with E-state index in [0.29, 0.717) is 0 Å². The second-order valence-corrected chi connectivity index (χ2v) is 5.38. The normalized spacial score (nSPS) is 14.8. The molecule has 1 aliphatic heterocycles. The first kappa shape index (κ1) is 17.7.